The van der Waals surface area contributed by atoms with Gasteiger partial charge in [0, 0.05) is 32.2 Å². The van der Waals surface area contributed by atoms with Gasteiger partial charge in [0.15, 0.2) is 5.84 Å². The maximum Gasteiger partial charge on any atom is 0.236 e. The van der Waals surface area contributed by atoms with Crippen molar-refractivity contribution in [2.45, 2.75) is 39.2 Å². The summed E-state index contributed by atoms with van der Waals surface area (Å²) in [6, 6.07) is 0.566. The summed E-state index contributed by atoms with van der Waals surface area (Å²) >= 11 is 0. The first-order valence-electron chi connectivity index (χ1n) is 7.06. The van der Waals surface area contributed by atoms with E-state index in [0.29, 0.717) is 18.9 Å². The van der Waals surface area contributed by atoms with E-state index in [1.807, 2.05) is 4.90 Å². The van der Waals surface area contributed by atoms with Crippen LogP contribution in [-0.4, -0.2) is 59.0 Å². The summed E-state index contributed by atoms with van der Waals surface area (Å²) in [6.45, 7) is 7.70. The molecule has 0 aromatic carbocycles. The second kappa shape index (κ2) is 5.36. The Bertz CT molecular complexity index is 371. The summed E-state index contributed by atoms with van der Waals surface area (Å²) in [4.78, 5) is 16.7. The van der Waals surface area contributed by atoms with Crippen molar-refractivity contribution in [2.75, 3.05) is 26.2 Å². The zero-order valence-electron chi connectivity index (χ0n) is 11.8. The SMILES string of the molecule is CCC(C)N1CCN(C(=O)C2(C(N)=NO)CC2)CC1. The quantitative estimate of drug-likeness (QED) is 0.336. The van der Waals surface area contributed by atoms with Crippen molar-refractivity contribution in [3.05, 3.63) is 0 Å². The molecule has 1 amide bonds. The number of piperazine rings is 1. The van der Waals surface area contributed by atoms with Gasteiger partial charge in [-0.1, -0.05) is 12.1 Å². The molecule has 0 aromatic heterocycles. The van der Waals surface area contributed by atoms with Gasteiger partial charge in [0.2, 0.25) is 5.91 Å². The first-order valence-corrected chi connectivity index (χ1v) is 7.06. The van der Waals surface area contributed by atoms with Crippen LogP contribution in [0.4, 0.5) is 0 Å². The van der Waals surface area contributed by atoms with E-state index >= 15 is 0 Å². The van der Waals surface area contributed by atoms with E-state index in [1.54, 1.807) is 0 Å². The number of hydrogen-bond acceptors (Lipinski definition) is 4. The molecule has 2 fully saturated rings. The summed E-state index contributed by atoms with van der Waals surface area (Å²) in [7, 11) is 0. The molecule has 1 aliphatic heterocycles. The predicted octanol–water partition coefficient (Wildman–Crippen LogP) is 0.456. The van der Waals surface area contributed by atoms with E-state index in [1.165, 1.54) is 0 Å². The third-order valence-electron chi connectivity index (χ3n) is 4.57. The van der Waals surface area contributed by atoms with Gasteiger partial charge in [0.1, 0.15) is 5.41 Å². The van der Waals surface area contributed by atoms with Gasteiger partial charge in [-0.05, 0) is 26.2 Å². The van der Waals surface area contributed by atoms with E-state index in [0.717, 1.165) is 32.6 Å². The summed E-state index contributed by atoms with van der Waals surface area (Å²) in [6.07, 6.45) is 2.53. The number of carbonyl (C=O) groups is 1. The van der Waals surface area contributed by atoms with E-state index in [4.69, 9.17) is 10.9 Å². The Morgan fingerprint density at radius 1 is 1.37 bits per heavy atom. The molecule has 0 bridgehead atoms. The molecular formula is C13H24N4O2. The third-order valence-corrected chi connectivity index (χ3v) is 4.57. The molecule has 6 heteroatoms. The number of rotatable bonds is 4. The molecule has 1 atom stereocenters. The first-order chi connectivity index (χ1) is 9.05. The monoisotopic (exact) mass is 268 g/mol. The molecule has 1 saturated carbocycles. The van der Waals surface area contributed by atoms with Crippen LogP contribution in [0.15, 0.2) is 5.16 Å². The second-order valence-electron chi connectivity index (χ2n) is 5.65. The Labute approximate surface area is 114 Å². The Morgan fingerprint density at radius 3 is 2.37 bits per heavy atom. The molecule has 1 saturated heterocycles. The molecule has 0 aromatic rings. The normalized spacial score (nSPS) is 25.2. The van der Waals surface area contributed by atoms with Crippen molar-refractivity contribution in [3.8, 4) is 0 Å². The Hall–Kier alpha value is -1.30. The summed E-state index contributed by atoms with van der Waals surface area (Å²) < 4.78 is 0. The van der Waals surface area contributed by atoms with Gasteiger partial charge in [-0.25, -0.2) is 0 Å². The molecule has 0 radical (unpaired) electrons. The lowest BCUT2D eigenvalue weighted by molar-refractivity contribution is -0.136. The summed E-state index contributed by atoms with van der Waals surface area (Å²) in [5, 5.41) is 11.8. The van der Waals surface area contributed by atoms with Crippen LogP contribution in [0.3, 0.4) is 0 Å². The third kappa shape index (κ3) is 2.54. The highest BCUT2D eigenvalue weighted by Gasteiger charge is 2.56. The van der Waals surface area contributed by atoms with Crippen LogP contribution < -0.4 is 5.73 Å². The van der Waals surface area contributed by atoms with Crippen molar-refractivity contribution in [2.24, 2.45) is 16.3 Å². The van der Waals surface area contributed by atoms with Gasteiger partial charge in [-0.15, -0.1) is 0 Å². The zero-order valence-corrected chi connectivity index (χ0v) is 11.8. The van der Waals surface area contributed by atoms with Crippen molar-refractivity contribution in [3.63, 3.8) is 0 Å². The van der Waals surface area contributed by atoms with E-state index in [-0.39, 0.29) is 11.7 Å². The molecule has 108 valence electrons. The number of oxime groups is 1. The van der Waals surface area contributed by atoms with Crippen LogP contribution in [0.1, 0.15) is 33.1 Å². The minimum Gasteiger partial charge on any atom is -0.409 e. The lowest BCUT2D eigenvalue weighted by Crippen LogP contribution is -2.54. The fourth-order valence-corrected chi connectivity index (χ4v) is 2.73. The minimum absolute atomic E-state index is 0.0339. The van der Waals surface area contributed by atoms with Crippen LogP contribution in [-0.2, 0) is 4.79 Å². The number of carbonyl (C=O) groups excluding carboxylic acids is 1. The minimum atomic E-state index is -0.701. The van der Waals surface area contributed by atoms with Gasteiger partial charge in [0.05, 0.1) is 0 Å². The van der Waals surface area contributed by atoms with E-state index < -0.39 is 5.41 Å². The fraction of sp³-hybridized carbons (Fsp3) is 0.846. The summed E-state index contributed by atoms with van der Waals surface area (Å²) in [5.74, 6) is 0.105. The Balaban J connectivity index is 1.93. The molecule has 1 aliphatic carbocycles. The molecule has 2 aliphatic rings. The lowest BCUT2D eigenvalue weighted by Gasteiger charge is -2.39. The lowest BCUT2D eigenvalue weighted by atomic mass is 10.0. The van der Waals surface area contributed by atoms with Crippen LogP contribution >= 0.6 is 0 Å². The standard InChI is InChI=1S/C13H24N4O2/c1-3-10(2)16-6-8-17(9-7-16)12(18)13(4-5-13)11(14)15-19/h10,19H,3-9H2,1-2H3,(H2,14,15). The van der Waals surface area contributed by atoms with Gasteiger partial charge >= 0.3 is 0 Å². The zero-order chi connectivity index (χ0) is 14.0. The Kier molecular flexibility index (Phi) is 3.99. The van der Waals surface area contributed by atoms with Gasteiger partial charge < -0.3 is 15.8 Å². The molecule has 0 spiro atoms. The smallest absolute Gasteiger partial charge is 0.236 e. The van der Waals surface area contributed by atoms with Crippen molar-refractivity contribution in [1.29, 1.82) is 0 Å². The molecular weight excluding hydrogens is 244 g/mol. The maximum absolute atomic E-state index is 12.5. The molecule has 6 nitrogen and oxygen atoms in total. The fourth-order valence-electron chi connectivity index (χ4n) is 2.73. The topological polar surface area (TPSA) is 82.2 Å². The molecule has 2 rings (SSSR count). The van der Waals surface area contributed by atoms with Crippen LogP contribution in [0.5, 0.6) is 0 Å². The van der Waals surface area contributed by atoms with Gasteiger partial charge in [0.25, 0.3) is 0 Å². The molecule has 19 heavy (non-hydrogen) atoms. The molecule has 1 unspecified atom stereocenters. The van der Waals surface area contributed by atoms with Crippen molar-refractivity contribution < 1.29 is 10.0 Å². The van der Waals surface area contributed by atoms with Crippen LogP contribution in [0, 0.1) is 5.41 Å². The first kappa shape index (κ1) is 14.1. The number of amides is 1. The Morgan fingerprint density at radius 2 is 1.95 bits per heavy atom. The van der Waals surface area contributed by atoms with Crippen LogP contribution in [0.2, 0.25) is 0 Å². The summed E-state index contributed by atoms with van der Waals surface area (Å²) in [5.41, 5.74) is 4.96. The van der Waals surface area contributed by atoms with E-state index in [2.05, 4.69) is 23.9 Å². The molecule has 1 heterocycles. The van der Waals surface area contributed by atoms with Gasteiger partial charge in [-0.3, -0.25) is 9.69 Å². The van der Waals surface area contributed by atoms with Gasteiger partial charge in [-0.2, -0.15) is 0 Å². The highest BCUT2D eigenvalue weighted by Crippen LogP contribution is 2.47. The largest absolute Gasteiger partial charge is 0.409 e. The van der Waals surface area contributed by atoms with Crippen LogP contribution in [0.25, 0.3) is 0 Å². The van der Waals surface area contributed by atoms with Crippen molar-refractivity contribution in [1.82, 2.24) is 9.80 Å². The number of amidine groups is 1. The molecule has 3 N–H and O–H groups in total. The second-order valence-corrected chi connectivity index (χ2v) is 5.65. The maximum atomic E-state index is 12.5. The highest BCUT2D eigenvalue weighted by molar-refractivity contribution is 6.09. The van der Waals surface area contributed by atoms with E-state index in [9.17, 15) is 4.79 Å². The number of nitrogens with two attached hydrogens (primary N) is 1. The average molecular weight is 268 g/mol. The number of nitrogens with zero attached hydrogens (tertiary/aromatic N) is 3. The average Bonchev–Trinajstić information content (AvgIpc) is 3.26. The predicted molar refractivity (Wildman–Crippen MR) is 73.0 cm³/mol. The number of hydrogen-bond donors (Lipinski definition) is 2. The van der Waals surface area contributed by atoms with Crippen molar-refractivity contribution >= 4 is 11.7 Å². The highest BCUT2D eigenvalue weighted by atomic mass is 16.4.